The molecule has 0 fully saturated rings. The van der Waals surface area contributed by atoms with Crippen LogP contribution in [-0.2, 0) is 4.79 Å². The van der Waals surface area contributed by atoms with Gasteiger partial charge in [-0.25, -0.2) is 4.98 Å². The van der Waals surface area contributed by atoms with Gasteiger partial charge in [0.1, 0.15) is 5.01 Å². The Morgan fingerprint density at radius 1 is 1.22 bits per heavy atom. The Morgan fingerprint density at radius 3 is 2.65 bits per heavy atom. The number of fused-ring (bicyclic) bond motifs is 1. The van der Waals surface area contributed by atoms with Crippen LogP contribution in [0.1, 0.15) is 25.8 Å². The summed E-state index contributed by atoms with van der Waals surface area (Å²) in [5.41, 5.74) is 4.18. The van der Waals surface area contributed by atoms with E-state index in [1.165, 1.54) is 10.3 Å². The van der Waals surface area contributed by atoms with E-state index in [0.29, 0.717) is 0 Å². The number of hydrogen-bond acceptors (Lipinski definition) is 3. The first kappa shape index (κ1) is 15.7. The second-order valence-corrected chi connectivity index (χ2v) is 6.90. The third kappa shape index (κ3) is 3.42. The minimum Gasteiger partial charge on any atom is -0.326 e. The number of anilines is 1. The Hall–Kier alpha value is -2.20. The predicted molar refractivity (Wildman–Crippen MR) is 97.9 cm³/mol. The predicted octanol–water partition coefficient (Wildman–Crippen LogP) is 5.26. The quantitative estimate of drug-likeness (QED) is 0.711. The first-order valence-corrected chi connectivity index (χ1v) is 8.67. The van der Waals surface area contributed by atoms with Crippen molar-refractivity contribution < 1.29 is 4.79 Å². The summed E-state index contributed by atoms with van der Waals surface area (Å²) < 4.78 is 1.20. The molecule has 1 N–H and O–H groups in total. The highest BCUT2D eigenvalue weighted by molar-refractivity contribution is 7.21. The lowest BCUT2D eigenvalue weighted by molar-refractivity contribution is -0.119. The maximum atomic E-state index is 11.9. The maximum Gasteiger partial charge on any atom is 0.227 e. The van der Waals surface area contributed by atoms with E-state index in [9.17, 15) is 4.79 Å². The standard InChI is InChI=1S/C19H20N2OS/c1-4-13(3)18(22)20-15-8-6-14(7-9-15)19-21-16-10-5-12(2)11-17(16)23-19/h5-11,13H,4H2,1-3H3,(H,20,22). The van der Waals surface area contributed by atoms with Gasteiger partial charge in [-0.1, -0.05) is 19.9 Å². The van der Waals surface area contributed by atoms with E-state index < -0.39 is 0 Å². The number of rotatable bonds is 4. The van der Waals surface area contributed by atoms with Gasteiger partial charge in [-0.15, -0.1) is 11.3 Å². The fourth-order valence-electron chi connectivity index (χ4n) is 2.30. The van der Waals surface area contributed by atoms with E-state index in [-0.39, 0.29) is 11.8 Å². The molecule has 1 atom stereocenters. The lowest BCUT2D eigenvalue weighted by atomic mass is 10.1. The Labute approximate surface area is 140 Å². The number of benzene rings is 2. The molecule has 0 bridgehead atoms. The SMILES string of the molecule is CCC(C)C(=O)Nc1ccc(-c2nc3ccc(C)cc3s2)cc1. The zero-order valence-corrected chi connectivity index (χ0v) is 14.4. The van der Waals surface area contributed by atoms with E-state index >= 15 is 0 Å². The summed E-state index contributed by atoms with van der Waals surface area (Å²) in [5.74, 6) is 0.0953. The second-order valence-electron chi connectivity index (χ2n) is 5.87. The second kappa shape index (κ2) is 6.50. The Bertz CT molecular complexity index is 836. The zero-order valence-electron chi connectivity index (χ0n) is 13.6. The van der Waals surface area contributed by atoms with Crippen LogP contribution in [0.4, 0.5) is 5.69 Å². The fraction of sp³-hybridized carbons (Fsp3) is 0.263. The minimum absolute atomic E-state index is 0.0298. The average Bonchev–Trinajstić information content (AvgIpc) is 2.97. The summed E-state index contributed by atoms with van der Waals surface area (Å²) in [4.78, 5) is 16.6. The molecule has 1 unspecified atom stereocenters. The molecule has 1 amide bonds. The number of carbonyl (C=O) groups is 1. The molecular formula is C19H20N2OS. The highest BCUT2D eigenvalue weighted by atomic mass is 32.1. The highest BCUT2D eigenvalue weighted by Crippen LogP contribution is 2.31. The van der Waals surface area contributed by atoms with Crippen LogP contribution < -0.4 is 5.32 Å². The summed E-state index contributed by atoms with van der Waals surface area (Å²) in [5, 5.41) is 3.95. The van der Waals surface area contributed by atoms with Crippen LogP contribution in [-0.4, -0.2) is 10.9 Å². The number of carbonyl (C=O) groups excluding carboxylic acids is 1. The molecule has 0 saturated carbocycles. The molecule has 0 radical (unpaired) electrons. The molecule has 1 aromatic heterocycles. The number of nitrogens with zero attached hydrogens (tertiary/aromatic N) is 1. The van der Waals surface area contributed by atoms with E-state index in [4.69, 9.17) is 0 Å². The van der Waals surface area contributed by atoms with Crippen molar-refractivity contribution >= 4 is 33.1 Å². The van der Waals surface area contributed by atoms with Gasteiger partial charge in [-0.05, 0) is 55.3 Å². The van der Waals surface area contributed by atoms with Gasteiger partial charge in [0.05, 0.1) is 10.2 Å². The molecular weight excluding hydrogens is 304 g/mol. The average molecular weight is 324 g/mol. The van der Waals surface area contributed by atoms with Crippen LogP contribution in [0.2, 0.25) is 0 Å². The minimum atomic E-state index is 0.0298. The summed E-state index contributed by atoms with van der Waals surface area (Å²) in [6.07, 6.45) is 0.842. The first-order valence-electron chi connectivity index (χ1n) is 7.85. The molecule has 2 aromatic carbocycles. The van der Waals surface area contributed by atoms with Crippen LogP contribution in [0.5, 0.6) is 0 Å². The molecule has 3 rings (SSSR count). The number of aromatic nitrogens is 1. The topological polar surface area (TPSA) is 42.0 Å². The van der Waals surface area contributed by atoms with E-state index in [1.54, 1.807) is 11.3 Å². The molecule has 1 heterocycles. The lowest BCUT2D eigenvalue weighted by Crippen LogP contribution is -2.19. The van der Waals surface area contributed by atoms with Gasteiger partial charge in [-0.3, -0.25) is 4.79 Å². The van der Waals surface area contributed by atoms with Crippen LogP contribution in [0, 0.1) is 12.8 Å². The molecule has 3 aromatic rings. The van der Waals surface area contributed by atoms with Crippen molar-refractivity contribution in [3.05, 3.63) is 48.0 Å². The van der Waals surface area contributed by atoms with Gasteiger partial charge in [0, 0.05) is 17.2 Å². The van der Waals surface area contributed by atoms with Crippen LogP contribution >= 0.6 is 11.3 Å². The van der Waals surface area contributed by atoms with Gasteiger partial charge in [0.2, 0.25) is 5.91 Å². The number of thiazole rings is 1. The molecule has 23 heavy (non-hydrogen) atoms. The number of amides is 1. The third-order valence-electron chi connectivity index (χ3n) is 4.00. The van der Waals surface area contributed by atoms with Crippen molar-refractivity contribution in [2.45, 2.75) is 27.2 Å². The van der Waals surface area contributed by atoms with Crippen molar-refractivity contribution in [1.82, 2.24) is 4.98 Å². The Kier molecular flexibility index (Phi) is 4.44. The van der Waals surface area contributed by atoms with E-state index in [1.807, 2.05) is 38.1 Å². The van der Waals surface area contributed by atoms with Gasteiger partial charge >= 0.3 is 0 Å². The molecule has 3 nitrogen and oxygen atoms in total. The van der Waals surface area contributed by atoms with Crippen LogP contribution in [0.25, 0.3) is 20.8 Å². The van der Waals surface area contributed by atoms with Crippen molar-refractivity contribution in [3.63, 3.8) is 0 Å². The van der Waals surface area contributed by atoms with E-state index in [2.05, 4.69) is 35.4 Å². The number of aryl methyl sites for hydroxylation is 1. The molecule has 0 aliphatic rings. The smallest absolute Gasteiger partial charge is 0.227 e. The van der Waals surface area contributed by atoms with Crippen LogP contribution in [0.15, 0.2) is 42.5 Å². The molecule has 0 spiro atoms. The van der Waals surface area contributed by atoms with Crippen molar-refractivity contribution in [2.75, 3.05) is 5.32 Å². The van der Waals surface area contributed by atoms with Gasteiger partial charge in [-0.2, -0.15) is 0 Å². The van der Waals surface area contributed by atoms with Gasteiger partial charge in [0.25, 0.3) is 0 Å². The lowest BCUT2D eigenvalue weighted by Gasteiger charge is -2.10. The summed E-state index contributed by atoms with van der Waals surface area (Å²) in [6, 6.07) is 14.2. The highest BCUT2D eigenvalue weighted by Gasteiger charge is 2.11. The Balaban J connectivity index is 1.82. The molecule has 0 aliphatic carbocycles. The van der Waals surface area contributed by atoms with Gasteiger partial charge < -0.3 is 5.32 Å². The molecule has 0 aliphatic heterocycles. The van der Waals surface area contributed by atoms with Gasteiger partial charge in [0.15, 0.2) is 0 Å². The molecule has 118 valence electrons. The van der Waals surface area contributed by atoms with Crippen molar-refractivity contribution in [1.29, 1.82) is 0 Å². The largest absolute Gasteiger partial charge is 0.326 e. The van der Waals surface area contributed by atoms with E-state index in [0.717, 1.165) is 28.2 Å². The summed E-state index contributed by atoms with van der Waals surface area (Å²) in [6.45, 7) is 6.04. The molecule has 4 heteroatoms. The maximum absolute atomic E-state index is 11.9. The number of nitrogens with one attached hydrogen (secondary N) is 1. The summed E-state index contributed by atoms with van der Waals surface area (Å²) in [7, 11) is 0. The van der Waals surface area contributed by atoms with Crippen molar-refractivity contribution in [3.8, 4) is 10.6 Å². The fourth-order valence-corrected chi connectivity index (χ4v) is 3.37. The normalized spacial score (nSPS) is 12.3. The Morgan fingerprint density at radius 2 is 1.96 bits per heavy atom. The summed E-state index contributed by atoms with van der Waals surface area (Å²) >= 11 is 1.69. The van der Waals surface area contributed by atoms with Crippen molar-refractivity contribution in [2.24, 2.45) is 5.92 Å². The monoisotopic (exact) mass is 324 g/mol. The first-order chi connectivity index (χ1) is 11.1. The molecule has 0 saturated heterocycles. The van der Waals surface area contributed by atoms with Crippen LogP contribution in [0.3, 0.4) is 0 Å². The number of hydrogen-bond donors (Lipinski definition) is 1. The zero-order chi connectivity index (χ0) is 16.4. The third-order valence-corrected chi connectivity index (χ3v) is 5.07.